The summed E-state index contributed by atoms with van der Waals surface area (Å²) in [6.07, 6.45) is 2.19. The molecular formula is C14H23N5. The van der Waals surface area contributed by atoms with E-state index in [9.17, 15) is 0 Å². The molecular weight excluding hydrogens is 238 g/mol. The highest BCUT2D eigenvalue weighted by atomic mass is 15.3. The lowest BCUT2D eigenvalue weighted by atomic mass is 10.2. The van der Waals surface area contributed by atoms with Gasteiger partial charge >= 0.3 is 0 Å². The Hall–Kier alpha value is -1.70. The van der Waals surface area contributed by atoms with Crippen molar-refractivity contribution >= 4 is 5.95 Å². The van der Waals surface area contributed by atoms with Crippen LogP contribution >= 0.6 is 0 Å². The third-order valence-corrected chi connectivity index (χ3v) is 2.86. The molecule has 5 nitrogen and oxygen atoms in total. The minimum absolute atomic E-state index is 0.479. The number of nitriles is 1. The molecule has 0 aliphatic rings. The highest BCUT2D eigenvalue weighted by Gasteiger charge is 2.14. The van der Waals surface area contributed by atoms with E-state index in [0.717, 1.165) is 30.8 Å². The number of rotatable bonds is 7. The van der Waals surface area contributed by atoms with Crippen LogP contribution in [0, 0.1) is 17.2 Å². The molecule has 0 aromatic carbocycles. The summed E-state index contributed by atoms with van der Waals surface area (Å²) in [6.45, 7) is 9.94. The zero-order valence-electron chi connectivity index (χ0n) is 12.3. The van der Waals surface area contributed by atoms with E-state index in [1.807, 2.05) is 0 Å². The first-order chi connectivity index (χ1) is 9.12. The Morgan fingerprint density at radius 2 is 1.84 bits per heavy atom. The molecule has 0 bridgehead atoms. The topological polar surface area (TPSA) is 65.7 Å². The van der Waals surface area contributed by atoms with Gasteiger partial charge in [0.15, 0.2) is 0 Å². The van der Waals surface area contributed by atoms with Crippen LogP contribution < -0.4 is 4.90 Å². The zero-order valence-corrected chi connectivity index (χ0v) is 12.3. The van der Waals surface area contributed by atoms with Gasteiger partial charge in [-0.1, -0.05) is 27.7 Å². The van der Waals surface area contributed by atoms with E-state index in [4.69, 9.17) is 5.26 Å². The largest absolute Gasteiger partial charge is 0.338 e. The smallest absolute Gasteiger partial charge is 0.245 e. The molecule has 0 aliphatic carbocycles. The van der Waals surface area contributed by atoms with Crippen LogP contribution in [-0.2, 0) is 12.8 Å². The maximum absolute atomic E-state index is 8.75. The number of nitrogens with zero attached hydrogens (tertiary/aromatic N) is 5. The first-order valence-corrected chi connectivity index (χ1v) is 6.96. The van der Waals surface area contributed by atoms with E-state index in [2.05, 4.69) is 53.8 Å². The summed E-state index contributed by atoms with van der Waals surface area (Å²) >= 11 is 0. The van der Waals surface area contributed by atoms with Crippen LogP contribution in [-0.4, -0.2) is 28.3 Å². The van der Waals surface area contributed by atoms with Crippen LogP contribution in [0.5, 0.6) is 0 Å². The number of hydrogen-bond acceptors (Lipinski definition) is 5. The van der Waals surface area contributed by atoms with Gasteiger partial charge in [0.05, 0.1) is 23.9 Å². The molecule has 1 aromatic rings. The minimum Gasteiger partial charge on any atom is -0.338 e. The number of hydrogen-bond donors (Lipinski definition) is 0. The predicted molar refractivity (Wildman–Crippen MR) is 75.9 cm³/mol. The molecule has 0 aliphatic heterocycles. The molecule has 1 heterocycles. The molecule has 0 spiro atoms. The zero-order chi connectivity index (χ0) is 14.3. The number of aromatic nitrogens is 3. The van der Waals surface area contributed by atoms with E-state index < -0.39 is 0 Å². The number of anilines is 1. The lowest BCUT2D eigenvalue weighted by Crippen LogP contribution is -2.31. The van der Waals surface area contributed by atoms with Gasteiger partial charge in [-0.05, 0) is 18.8 Å². The van der Waals surface area contributed by atoms with E-state index in [1.165, 1.54) is 0 Å². The summed E-state index contributed by atoms with van der Waals surface area (Å²) in [7, 11) is 0. The second kappa shape index (κ2) is 7.67. The molecule has 5 heteroatoms. The molecule has 0 saturated carbocycles. The molecule has 0 atom stereocenters. The molecule has 0 fully saturated rings. The Balaban J connectivity index is 2.97. The van der Waals surface area contributed by atoms with Crippen molar-refractivity contribution in [2.45, 2.75) is 47.0 Å². The second-order valence-electron chi connectivity index (χ2n) is 4.96. The molecule has 19 heavy (non-hydrogen) atoms. The third kappa shape index (κ3) is 4.47. The lowest BCUT2D eigenvalue weighted by molar-refractivity contribution is 0.595. The fraction of sp³-hybridized carbons (Fsp3) is 0.714. The van der Waals surface area contributed by atoms with Crippen LogP contribution in [0.3, 0.4) is 0 Å². The summed E-state index contributed by atoms with van der Waals surface area (Å²) in [4.78, 5) is 6.67. The summed E-state index contributed by atoms with van der Waals surface area (Å²) in [6, 6.07) is 2.17. The fourth-order valence-corrected chi connectivity index (χ4v) is 1.96. The van der Waals surface area contributed by atoms with Gasteiger partial charge in [-0.2, -0.15) is 10.4 Å². The van der Waals surface area contributed by atoms with Crippen molar-refractivity contribution in [3.8, 4) is 6.07 Å². The van der Waals surface area contributed by atoms with E-state index in [0.29, 0.717) is 24.8 Å². The average Bonchev–Trinajstić information content (AvgIpc) is 2.42. The molecule has 1 aromatic heterocycles. The van der Waals surface area contributed by atoms with Crippen LogP contribution in [0.25, 0.3) is 0 Å². The minimum atomic E-state index is 0.479. The van der Waals surface area contributed by atoms with Crippen LogP contribution in [0.15, 0.2) is 0 Å². The molecule has 104 valence electrons. The maximum atomic E-state index is 8.75. The van der Waals surface area contributed by atoms with Gasteiger partial charge in [-0.15, -0.1) is 5.10 Å². The third-order valence-electron chi connectivity index (χ3n) is 2.86. The summed E-state index contributed by atoms with van der Waals surface area (Å²) in [5.41, 5.74) is 1.98. The van der Waals surface area contributed by atoms with Crippen molar-refractivity contribution in [1.82, 2.24) is 15.2 Å². The van der Waals surface area contributed by atoms with Gasteiger partial charge in [0, 0.05) is 13.1 Å². The van der Waals surface area contributed by atoms with Crippen LogP contribution in [0.4, 0.5) is 5.95 Å². The van der Waals surface area contributed by atoms with Crippen molar-refractivity contribution in [2.24, 2.45) is 5.92 Å². The van der Waals surface area contributed by atoms with Gasteiger partial charge in [-0.3, -0.25) is 0 Å². The first kappa shape index (κ1) is 15.4. The molecule has 1 rings (SSSR count). The Morgan fingerprint density at radius 3 is 2.37 bits per heavy atom. The van der Waals surface area contributed by atoms with E-state index in [1.54, 1.807) is 0 Å². The standard InChI is InChI=1S/C14H23N5/c1-5-12-13(6-2)17-18-14(16-12)19(9-7-8-15)10-11(3)4/h11H,5-7,9-10H2,1-4H3. The molecule has 0 amide bonds. The Kier molecular flexibility index (Phi) is 6.20. The molecule has 0 saturated heterocycles. The number of aryl methyl sites for hydroxylation is 2. The molecule has 0 N–H and O–H groups in total. The van der Waals surface area contributed by atoms with E-state index >= 15 is 0 Å². The summed E-state index contributed by atoms with van der Waals surface area (Å²) < 4.78 is 0. The quantitative estimate of drug-likeness (QED) is 0.754. The van der Waals surface area contributed by atoms with Crippen molar-refractivity contribution in [3.05, 3.63) is 11.4 Å². The van der Waals surface area contributed by atoms with Gasteiger partial charge < -0.3 is 4.90 Å². The van der Waals surface area contributed by atoms with Gasteiger partial charge in [0.2, 0.25) is 5.95 Å². The van der Waals surface area contributed by atoms with Crippen LogP contribution in [0.1, 0.15) is 45.5 Å². The fourth-order valence-electron chi connectivity index (χ4n) is 1.96. The molecule has 0 radical (unpaired) electrons. The SMILES string of the molecule is CCc1nnc(N(CCC#N)CC(C)C)nc1CC. The van der Waals surface area contributed by atoms with Crippen molar-refractivity contribution in [2.75, 3.05) is 18.0 Å². The Morgan fingerprint density at radius 1 is 1.16 bits per heavy atom. The Labute approximate surface area is 115 Å². The highest BCUT2D eigenvalue weighted by molar-refractivity contribution is 5.30. The first-order valence-electron chi connectivity index (χ1n) is 6.96. The normalized spacial score (nSPS) is 10.5. The van der Waals surface area contributed by atoms with Gasteiger partial charge in [0.1, 0.15) is 0 Å². The van der Waals surface area contributed by atoms with Crippen molar-refractivity contribution in [1.29, 1.82) is 5.26 Å². The van der Waals surface area contributed by atoms with Crippen molar-refractivity contribution < 1.29 is 0 Å². The van der Waals surface area contributed by atoms with Crippen molar-refractivity contribution in [3.63, 3.8) is 0 Å². The second-order valence-corrected chi connectivity index (χ2v) is 4.96. The monoisotopic (exact) mass is 261 g/mol. The van der Waals surface area contributed by atoms with E-state index in [-0.39, 0.29) is 0 Å². The summed E-state index contributed by atoms with van der Waals surface area (Å²) in [5.74, 6) is 1.15. The summed E-state index contributed by atoms with van der Waals surface area (Å²) in [5, 5.41) is 17.2. The predicted octanol–water partition coefficient (Wildman–Crippen LogP) is 2.37. The maximum Gasteiger partial charge on any atom is 0.245 e. The van der Waals surface area contributed by atoms with Gasteiger partial charge in [-0.25, -0.2) is 4.98 Å². The lowest BCUT2D eigenvalue weighted by Gasteiger charge is -2.23. The van der Waals surface area contributed by atoms with Crippen LogP contribution in [0.2, 0.25) is 0 Å². The average molecular weight is 261 g/mol. The molecule has 0 unspecified atom stereocenters. The van der Waals surface area contributed by atoms with Gasteiger partial charge in [0.25, 0.3) is 0 Å². The highest BCUT2D eigenvalue weighted by Crippen LogP contribution is 2.13. The Bertz CT molecular complexity index is 436.